The average Bonchev–Trinajstić information content (AvgIpc) is 2.48. The summed E-state index contributed by atoms with van der Waals surface area (Å²) >= 11 is 0. The summed E-state index contributed by atoms with van der Waals surface area (Å²) in [6.07, 6.45) is 2.67. The van der Waals surface area contributed by atoms with Crippen molar-refractivity contribution in [3.05, 3.63) is 23.0 Å². The van der Waals surface area contributed by atoms with Crippen molar-refractivity contribution in [2.45, 2.75) is 26.9 Å². The molecule has 0 bridgehead atoms. The first-order valence-corrected chi connectivity index (χ1v) is 5.56. The van der Waals surface area contributed by atoms with E-state index in [0.29, 0.717) is 0 Å². The molecule has 2 N–H and O–H groups in total. The molecular weight excluding hydrogens is 218 g/mol. The van der Waals surface area contributed by atoms with Crippen molar-refractivity contribution >= 4 is 12.0 Å². The van der Waals surface area contributed by atoms with Gasteiger partial charge in [-0.3, -0.25) is 9.48 Å². The van der Waals surface area contributed by atoms with Crippen molar-refractivity contribution in [2.75, 3.05) is 6.54 Å². The Labute approximate surface area is 101 Å². The Bertz CT molecular complexity index is 433. The summed E-state index contributed by atoms with van der Waals surface area (Å²) in [6, 6.07) is 0. The van der Waals surface area contributed by atoms with E-state index in [1.165, 1.54) is 6.08 Å². The lowest BCUT2D eigenvalue weighted by molar-refractivity contribution is -0.116. The van der Waals surface area contributed by atoms with Gasteiger partial charge in [-0.15, -0.1) is 0 Å². The number of carbonyl (C=O) groups is 1. The van der Waals surface area contributed by atoms with Crippen LogP contribution in [0.2, 0.25) is 0 Å². The second-order valence-corrected chi connectivity index (χ2v) is 4.14. The van der Waals surface area contributed by atoms with Crippen molar-refractivity contribution in [3.63, 3.8) is 0 Å². The molecule has 0 spiro atoms. The minimum absolute atomic E-state index is 0.214. The van der Waals surface area contributed by atoms with E-state index in [1.807, 2.05) is 20.9 Å². The Hall–Kier alpha value is -1.62. The van der Waals surface area contributed by atoms with Gasteiger partial charge in [0.05, 0.1) is 11.8 Å². The van der Waals surface area contributed by atoms with Gasteiger partial charge in [0.1, 0.15) is 0 Å². The molecule has 5 heteroatoms. The lowest BCUT2D eigenvalue weighted by Gasteiger charge is -2.03. The first-order chi connectivity index (χ1) is 7.91. The summed E-state index contributed by atoms with van der Waals surface area (Å²) < 4.78 is 1.78. The number of aryl methyl sites for hydroxylation is 2. The van der Waals surface area contributed by atoms with E-state index in [4.69, 9.17) is 5.11 Å². The molecule has 1 atom stereocenters. The molecule has 0 aliphatic rings. The average molecular weight is 237 g/mol. The highest BCUT2D eigenvalue weighted by molar-refractivity contribution is 5.92. The fraction of sp³-hybridized carbons (Fsp3) is 0.500. The van der Waals surface area contributed by atoms with Gasteiger partial charge in [0, 0.05) is 30.9 Å². The van der Waals surface area contributed by atoms with Crippen LogP contribution in [0.3, 0.4) is 0 Å². The molecule has 94 valence electrons. The number of hydrogen-bond donors (Lipinski definition) is 2. The minimum Gasteiger partial charge on any atom is -0.392 e. The van der Waals surface area contributed by atoms with Crippen LogP contribution in [0, 0.1) is 13.8 Å². The largest absolute Gasteiger partial charge is 0.392 e. The van der Waals surface area contributed by atoms with Gasteiger partial charge in [0.2, 0.25) is 5.91 Å². The maximum Gasteiger partial charge on any atom is 0.244 e. The van der Waals surface area contributed by atoms with Crippen LogP contribution in [-0.2, 0) is 11.8 Å². The van der Waals surface area contributed by atoms with Crippen molar-refractivity contribution in [1.82, 2.24) is 15.1 Å². The fourth-order valence-corrected chi connectivity index (χ4v) is 1.50. The highest BCUT2D eigenvalue weighted by Crippen LogP contribution is 2.13. The van der Waals surface area contributed by atoms with Gasteiger partial charge in [-0.1, -0.05) is 0 Å². The molecule has 5 nitrogen and oxygen atoms in total. The number of hydrogen-bond acceptors (Lipinski definition) is 3. The Morgan fingerprint density at radius 2 is 2.24 bits per heavy atom. The van der Waals surface area contributed by atoms with Gasteiger partial charge in [-0.25, -0.2) is 0 Å². The Morgan fingerprint density at radius 1 is 1.59 bits per heavy atom. The molecule has 1 amide bonds. The van der Waals surface area contributed by atoms with Gasteiger partial charge >= 0.3 is 0 Å². The fourth-order valence-electron chi connectivity index (χ4n) is 1.50. The third-order valence-electron chi connectivity index (χ3n) is 2.54. The summed E-state index contributed by atoms with van der Waals surface area (Å²) in [5.41, 5.74) is 2.87. The number of amides is 1. The van der Waals surface area contributed by atoms with Crippen molar-refractivity contribution in [2.24, 2.45) is 7.05 Å². The normalized spacial score (nSPS) is 13.0. The standard InChI is InChI=1S/C12H19N3O2/c1-8(16)7-13-12(17)6-5-11-9(2)14-15(4)10(11)3/h5-6,8,16H,7H2,1-4H3,(H,13,17)/b6-5+/t8-/m0/s1. The summed E-state index contributed by atoms with van der Waals surface area (Å²) in [7, 11) is 1.87. The summed E-state index contributed by atoms with van der Waals surface area (Å²) in [4.78, 5) is 11.4. The van der Waals surface area contributed by atoms with Crippen molar-refractivity contribution in [3.8, 4) is 0 Å². The molecule has 0 fully saturated rings. The molecule has 0 aromatic carbocycles. The zero-order chi connectivity index (χ0) is 13.0. The van der Waals surface area contributed by atoms with E-state index in [9.17, 15) is 4.79 Å². The maximum atomic E-state index is 11.4. The lowest BCUT2D eigenvalue weighted by Crippen LogP contribution is -2.28. The molecule has 17 heavy (non-hydrogen) atoms. The molecule has 0 unspecified atom stereocenters. The molecule has 0 aliphatic carbocycles. The molecule has 0 aliphatic heterocycles. The van der Waals surface area contributed by atoms with E-state index in [0.717, 1.165) is 17.0 Å². The number of nitrogens with one attached hydrogen (secondary N) is 1. The topological polar surface area (TPSA) is 67.2 Å². The van der Waals surface area contributed by atoms with Crippen LogP contribution in [0.4, 0.5) is 0 Å². The number of aliphatic hydroxyl groups is 1. The molecular formula is C12H19N3O2. The molecule has 1 heterocycles. The summed E-state index contributed by atoms with van der Waals surface area (Å²) in [5.74, 6) is -0.214. The molecule has 0 saturated carbocycles. The Morgan fingerprint density at radius 3 is 2.71 bits per heavy atom. The number of carbonyl (C=O) groups excluding carboxylic acids is 1. The number of rotatable bonds is 4. The lowest BCUT2D eigenvalue weighted by atomic mass is 10.2. The van der Waals surface area contributed by atoms with E-state index in [2.05, 4.69) is 10.4 Å². The van der Waals surface area contributed by atoms with Crippen molar-refractivity contribution < 1.29 is 9.90 Å². The third-order valence-corrected chi connectivity index (χ3v) is 2.54. The molecule has 1 aromatic heterocycles. The predicted octanol–water partition coefficient (Wildman–Crippen LogP) is 0.547. The third kappa shape index (κ3) is 3.71. The maximum absolute atomic E-state index is 11.4. The molecule has 1 rings (SSSR count). The summed E-state index contributed by atoms with van der Waals surface area (Å²) in [5, 5.41) is 15.9. The summed E-state index contributed by atoms with van der Waals surface area (Å²) in [6.45, 7) is 5.74. The number of aromatic nitrogens is 2. The molecule has 1 aromatic rings. The first kappa shape index (κ1) is 13.4. The van der Waals surface area contributed by atoms with Crippen LogP contribution in [-0.4, -0.2) is 33.4 Å². The Balaban J connectivity index is 2.67. The van der Waals surface area contributed by atoms with Crippen LogP contribution in [0.5, 0.6) is 0 Å². The molecule has 0 radical (unpaired) electrons. The van der Waals surface area contributed by atoms with E-state index in [1.54, 1.807) is 17.7 Å². The quantitative estimate of drug-likeness (QED) is 0.751. The zero-order valence-corrected chi connectivity index (χ0v) is 10.7. The van der Waals surface area contributed by atoms with Gasteiger partial charge in [0.15, 0.2) is 0 Å². The number of aliphatic hydroxyl groups excluding tert-OH is 1. The van der Waals surface area contributed by atoms with Crippen LogP contribution < -0.4 is 5.32 Å². The Kier molecular flexibility index (Phi) is 4.45. The first-order valence-electron chi connectivity index (χ1n) is 5.56. The van der Waals surface area contributed by atoms with E-state index < -0.39 is 6.10 Å². The van der Waals surface area contributed by atoms with E-state index >= 15 is 0 Å². The monoisotopic (exact) mass is 237 g/mol. The molecule has 0 saturated heterocycles. The van der Waals surface area contributed by atoms with Crippen LogP contribution in [0.25, 0.3) is 6.08 Å². The van der Waals surface area contributed by atoms with Gasteiger partial charge in [-0.2, -0.15) is 5.10 Å². The smallest absolute Gasteiger partial charge is 0.244 e. The predicted molar refractivity (Wildman–Crippen MR) is 66.4 cm³/mol. The second kappa shape index (κ2) is 5.63. The second-order valence-electron chi connectivity index (χ2n) is 4.14. The van der Waals surface area contributed by atoms with Crippen LogP contribution in [0.15, 0.2) is 6.08 Å². The number of nitrogens with zero attached hydrogens (tertiary/aromatic N) is 2. The van der Waals surface area contributed by atoms with Crippen LogP contribution >= 0.6 is 0 Å². The van der Waals surface area contributed by atoms with Gasteiger partial charge in [0.25, 0.3) is 0 Å². The highest BCUT2D eigenvalue weighted by Gasteiger charge is 2.06. The SMILES string of the molecule is Cc1nn(C)c(C)c1/C=C/C(=O)NC[C@H](C)O. The highest BCUT2D eigenvalue weighted by atomic mass is 16.3. The minimum atomic E-state index is -0.533. The van der Waals surface area contributed by atoms with Gasteiger partial charge in [-0.05, 0) is 26.8 Å². The van der Waals surface area contributed by atoms with E-state index in [-0.39, 0.29) is 12.5 Å². The van der Waals surface area contributed by atoms with Crippen LogP contribution in [0.1, 0.15) is 23.9 Å². The van der Waals surface area contributed by atoms with Gasteiger partial charge < -0.3 is 10.4 Å². The van der Waals surface area contributed by atoms with Crippen molar-refractivity contribution in [1.29, 1.82) is 0 Å². The zero-order valence-electron chi connectivity index (χ0n) is 10.7.